The summed E-state index contributed by atoms with van der Waals surface area (Å²) in [5.74, 6) is -0.867. The molecule has 0 amide bonds. The van der Waals surface area contributed by atoms with Gasteiger partial charge in [-0.25, -0.2) is 0 Å². The number of rotatable bonds is 42. The minimum absolute atomic E-state index is 0.0155. The van der Waals surface area contributed by atoms with Crippen LogP contribution in [0.15, 0.2) is 0 Å². The third-order valence-electron chi connectivity index (χ3n) is 8.80. The van der Waals surface area contributed by atoms with Gasteiger partial charge in [0.15, 0.2) is 12.6 Å². The summed E-state index contributed by atoms with van der Waals surface area (Å²) in [6, 6.07) is 0. The number of hydrogen-bond acceptors (Lipinski definition) is 9. The van der Waals surface area contributed by atoms with E-state index in [1.54, 1.807) is 0 Å². The Morgan fingerprint density at radius 1 is 0.392 bits per heavy atom. The molecule has 0 saturated carbocycles. The molecule has 0 heterocycles. The molecule has 11 nitrogen and oxygen atoms in total. The van der Waals surface area contributed by atoms with Crippen LogP contribution in [-0.4, -0.2) is 89.7 Å². The molecule has 2 atom stereocenters. The van der Waals surface area contributed by atoms with Crippen LogP contribution in [0.25, 0.3) is 0 Å². The molecular weight excluding hydrogens is 697 g/mol. The van der Waals surface area contributed by atoms with Gasteiger partial charge >= 0.3 is 0 Å². The molecule has 13 heteroatoms. The second-order valence-corrected chi connectivity index (χ2v) is 17.1. The first-order chi connectivity index (χ1) is 24.6. The molecule has 2 N–H and O–H groups in total. The first-order valence-corrected chi connectivity index (χ1v) is 23.7. The van der Waals surface area contributed by atoms with Crippen LogP contribution in [0.3, 0.4) is 0 Å². The van der Waals surface area contributed by atoms with Crippen LogP contribution in [0.1, 0.15) is 181 Å². The fraction of sp³-hybridized carbons (Fsp3) is 1.00. The van der Waals surface area contributed by atoms with Crippen LogP contribution in [-0.2, 0) is 43.9 Å². The van der Waals surface area contributed by atoms with Crippen molar-refractivity contribution < 1.29 is 49.6 Å². The van der Waals surface area contributed by atoms with Gasteiger partial charge in [-0.15, -0.1) is 0 Å². The van der Waals surface area contributed by atoms with Crippen LogP contribution >= 0.6 is 0 Å². The molecule has 0 aromatic heterocycles. The van der Waals surface area contributed by atoms with Gasteiger partial charge in [0, 0.05) is 13.2 Å². The monoisotopic (exact) mass is 774 g/mol. The van der Waals surface area contributed by atoms with Crippen molar-refractivity contribution in [2.75, 3.05) is 51.1 Å². The number of ether oxygens (including phenoxy) is 5. The fourth-order valence-electron chi connectivity index (χ4n) is 5.78. The van der Waals surface area contributed by atoms with E-state index in [1.807, 2.05) is 0 Å². The van der Waals surface area contributed by atoms with Gasteiger partial charge in [0.2, 0.25) is 0 Å². The zero-order valence-electron chi connectivity index (χ0n) is 32.6. The van der Waals surface area contributed by atoms with E-state index in [0.717, 1.165) is 25.7 Å². The summed E-state index contributed by atoms with van der Waals surface area (Å²) in [7, 11) is -8.23. The van der Waals surface area contributed by atoms with E-state index in [0.29, 0.717) is 13.2 Å². The standard InChI is InChI=1S/C38H78O11S2/c1-3-5-7-9-11-13-15-17-19-21-23-25-29-45-35-37(47-31-27-33-50(39,40)41)49-38(48-32-28-34-51(42,43)44)36-46-30-26-24-22-20-18-16-14-12-10-8-6-4-2/h37-38H,3-36H2,1-2H3,(H,39,40,41)(H,42,43,44). The summed E-state index contributed by atoms with van der Waals surface area (Å²) in [6.45, 7) is 5.76. The third-order valence-corrected chi connectivity index (χ3v) is 10.4. The Morgan fingerprint density at radius 2 is 0.667 bits per heavy atom. The molecule has 0 aliphatic rings. The van der Waals surface area contributed by atoms with Crippen molar-refractivity contribution in [2.24, 2.45) is 0 Å². The molecule has 0 aromatic rings. The van der Waals surface area contributed by atoms with E-state index < -0.39 is 44.3 Å². The lowest BCUT2D eigenvalue weighted by molar-refractivity contribution is -0.270. The summed E-state index contributed by atoms with van der Waals surface area (Å²) < 4.78 is 92.0. The highest BCUT2D eigenvalue weighted by Crippen LogP contribution is 2.14. The average Bonchev–Trinajstić information content (AvgIpc) is 3.07. The highest BCUT2D eigenvalue weighted by atomic mass is 32.2. The van der Waals surface area contributed by atoms with Crippen LogP contribution in [0, 0.1) is 0 Å². The van der Waals surface area contributed by atoms with Crippen molar-refractivity contribution >= 4 is 20.2 Å². The average molecular weight is 775 g/mol. The predicted molar refractivity (Wildman–Crippen MR) is 206 cm³/mol. The molecule has 0 aromatic carbocycles. The molecule has 2 unspecified atom stereocenters. The SMILES string of the molecule is CCCCCCCCCCCCCCOCC(OCCCS(=O)(=O)O)OC(COCCCCCCCCCCCCCC)OCCCS(=O)(=O)O. The van der Waals surface area contributed by atoms with Gasteiger partial charge in [0.05, 0.1) is 37.9 Å². The Balaban J connectivity index is 4.59. The van der Waals surface area contributed by atoms with Crippen LogP contribution in [0.5, 0.6) is 0 Å². The lowest BCUT2D eigenvalue weighted by atomic mass is 10.1. The van der Waals surface area contributed by atoms with E-state index in [9.17, 15) is 16.8 Å². The van der Waals surface area contributed by atoms with Gasteiger partial charge in [-0.05, 0) is 25.7 Å². The fourth-order valence-corrected chi connectivity index (χ4v) is 6.75. The second kappa shape index (κ2) is 36.6. The van der Waals surface area contributed by atoms with Crippen molar-refractivity contribution in [3.05, 3.63) is 0 Å². The molecule has 0 saturated heterocycles. The minimum Gasteiger partial charge on any atom is -0.376 e. The molecule has 0 bridgehead atoms. The molecule has 51 heavy (non-hydrogen) atoms. The Morgan fingerprint density at radius 3 is 0.941 bits per heavy atom. The third kappa shape index (κ3) is 42.2. The van der Waals surface area contributed by atoms with Crippen LogP contribution < -0.4 is 0 Å². The van der Waals surface area contributed by atoms with Crippen molar-refractivity contribution in [2.45, 2.75) is 193 Å². The maximum absolute atomic E-state index is 11.1. The second-order valence-electron chi connectivity index (χ2n) is 13.9. The van der Waals surface area contributed by atoms with Crippen molar-refractivity contribution in [1.82, 2.24) is 0 Å². The highest BCUT2D eigenvalue weighted by Gasteiger charge is 2.20. The van der Waals surface area contributed by atoms with E-state index in [4.69, 9.17) is 32.8 Å². The van der Waals surface area contributed by atoms with Gasteiger partial charge in [-0.1, -0.05) is 155 Å². The zero-order chi connectivity index (χ0) is 37.7. The summed E-state index contributed by atoms with van der Waals surface area (Å²) in [5, 5.41) is 0. The first kappa shape index (κ1) is 50.6. The lowest BCUT2D eigenvalue weighted by Crippen LogP contribution is -2.34. The Labute approximate surface area is 313 Å². The summed E-state index contributed by atoms with van der Waals surface area (Å²) in [6.07, 6.45) is 28.3. The first-order valence-electron chi connectivity index (χ1n) is 20.5. The van der Waals surface area contributed by atoms with E-state index >= 15 is 0 Å². The van der Waals surface area contributed by atoms with Gasteiger partial charge in [0.25, 0.3) is 20.2 Å². The molecule has 308 valence electrons. The van der Waals surface area contributed by atoms with Gasteiger partial charge in [-0.2, -0.15) is 16.8 Å². The minimum atomic E-state index is -4.11. The molecule has 0 aliphatic carbocycles. The van der Waals surface area contributed by atoms with Crippen molar-refractivity contribution in [1.29, 1.82) is 0 Å². The summed E-state index contributed by atoms with van der Waals surface area (Å²) in [5.41, 5.74) is 0. The van der Waals surface area contributed by atoms with Crippen molar-refractivity contribution in [3.63, 3.8) is 0 Å². The van der Waals surface area contributed by atoms with Gasteiger partial charge in [-0.3, -0.25) is 9.11 Å². The van der Waals surface area contributed by atoms with E-state index in [2.05, 4.69) is 13.8 Å². The van der Waals surface area contributed by atoms with Crippen LogP contribution in [0.4, 0.5) is 0 Å². The smallest absolute Gasteiger partial charge is 0.264 e. The lowest BCUT2D eigenvalue weighted by Gasteiger charge is -2.25. The largest absolute Gasteiger partial charge is 0.376 e. The number of hydrogen-bond donors (Lipinski definition) is 2. The molecule has 0 spiro atoms. The molecule has 0 fully saturated rings. The Hall–Kier alpha value is -0.380. The normalized spacial score (nSPS) is 13.6. The van der Waals surface area contributed by atoms with Gasteiger partial charge < -0.3 is 23.7 Å². The maximum atomic E-state index is 11.1. The van der Waals surface area contributed by atoms with Crippen LogP contribution in [0.2, 0.25) is 0 Å². The Bertz CT molecular complexity index is 858. The van der Waals surface area contributed by atoms with E-state index in [-0.39, 0.29) is 39.3 Å². The summed E-state index contributed by atoms with van der Waals surface area (Å²) >= 11 is 0. The van der Waals surface area contributed by atoms with Crippen molar-refractivity contribution in [3.8, 4) is 0 Å². The predicted octanol–water partition coefficient (Wildman–Crippen LogP) is 9.68. The van der Waals surface area contributed by atoms with E-state index in [1.165, 1.54) is 128 Å². The number of unbranched alkanes of at least 4 members (excludes halogenated alkanes) is 22. The maximum Gasteiger partial charge on any atom is 0.264 e. The molecule has 0 radical (unpaired) electrons. The Kier molecular flexibility index (Phi) is 36.3. The molecule has 0 rings (SSSR count). The molecular formula is C38H78O11S2. The van der Waals surface area contributed by atoms with Gasteiger partial charge in [0.1, 0.15) is 0 Å². The highest BCUT2D eigenvalue weighted by molar-refractivity contribution is 7.86. The quantitative estimate of drug-likeness (QED) is 0.0346. The molecule has 0 aliphatic heterocycles. The zero-order valence-corrected chi connectivity index (χ0v) is 34.2. The topological polar surface area (TPSA) is 155 Å². The summed E-state index contributed by atoms with van der Waals surface area (Å²) in [4.78, 5) is 0.